The summed E-state index contributed by atoms with van der Waals surface area (Å²) in [6.07, 6.45) is 7.79. The molecule has 1 aliphatic heterocycles. The highest BCUT2D eigenvalue weighted by Gasteiger charge is 2.41. The van der Waals surface area contributed by atoms with Gasteiger partial charge in [0.05, 0.1) is 13.2 Å². The number of nitrogens with zero attached hydrogens (tertiary/aromatic N) is 3. The molecule has 104 valence electrons. The van der Waals surface area contributed by atoms with E-state index in [4.69, 9.17) is 9.47 Å². The van der Waals surface area contributed by atoms with Crippen LogP contribution >= 0.6 is 0 Å². The highest BCUT2D eigenvalue weighted by molar-refractivity contribution is 5.30. The van der Waals surface area contributed by atoms with E-state index in [-0.39, 0.29) is 5.79 Å². The molecular formula is C14H21N3O2. The normalized spacial score (nSPS) is 22.8. The van der Waals surface area contributed by atoms with Crippen molar-refractivity contribution >= 4 is 5.95 Å². The quantitative estimate of drug-likeness (QED) is 0.815. The van der Waals surface area contributed by atoms with E-state index in [0.717, 1.165) is 50.4 Å². The van der Waals surface area contributed by atoms with Gasteiger partial charge >= 0.3 is 0 Å². The Bertz CT molecular complexity index is 419. The maximum atomic E-state index is 5.76. The molecule has 0 aromatic carbocycles. The topological polar surface area (TPSA) is 47.5 Å². The van der Waals surface area contributed by atoms with Crippen molar-refractivity contribution in [1.82, 2.24) is 9.97 Å². The second kappa shape index (κ2) is 5.06. The molecule has 0 radical (unpaired) electrons. The number of ether oxygens (including phenoxy) is 2. The molecule has 0 unspecified atom stereocenters. The largest absolute Gasteiger partial charge is 0.348 e. The Morgan fingerprint density at radius 2 is 1.74 bits per heavy atom. The minimum Gasteiger partial charge on any atom is -0.348 e. The Balaban J connectivity index is 1.63. The van der Waals surface area contributed by atoms with E-state index in [1.807, 2.05) is 19.3 Å². The Kier molecular flexibility index (Phi) is 3.41. The van der Waals surface area contributed by atoms with Crippen LogP contribution in [-0.4, -0.2) is 42.1 Å². The van der Waals surface area contributed by atoms with Crippen molar-refractivity contribution in [3.63, 3.8) is 0 Å². The first-order chi connectivity index (χ1) is 9.19. The monoisotopic (exact) mass is 263 g/mol. The average Bonchev–Trinajstić information content (AvgIpc) is 2.88. The summed E-state index contributed by atoms with van der Waals surface area (Å²) in [5, 5.41) is 0. The summed E-state index contributed by atoms with van der Waals surface area (Å²) in [4.78, 5) is 11.0. The SMILES string of the molecule is Cc1cnc(N(C)C2CCC3(CC2)OCCO3)nc1. The molecule has 1 aliphatic carbocycles. The van der Waals surface area contributed by atoms with Gasteiger partial charge in [0.2, 0.25) is 5.95 Å². The molecule has 0 amide bonds. The maximum absolute atomic E-state index is 5.76. The van der Waals surface area contributed by atoms with Crippen LogP contribution < -0.4 is 4.90 Å². The van der Waals surface area contributed by atoms with Crippen LogP contribution in [-0.2, 0) is 9.47 Å². The van der Waals surface area contributed by atoms with Gasteiger partial charge in [-0.3, -0.25) is 0 Å². The molecule has 19 heavy (non-hydrogen) atoms. The third kappa shape index (κ3) is 2.58. The molecule has 2 aliphatic rings. The van der Waals surface area contributed by atoms with Crippen LogP contribution in [0.15, 0.2) is 12.4 Å². The number of aryl methyl sites for hydroxylation is 1. The van der Waals surface area contributed by atoms with Crippen molar-refractivity contribution in [3.05, 3.63) is 18.0 Å². The van der Waals surface area contributed by atoms with Gasteiger partial charge in [-0.1, -0.05) is 0 Å². The van der Waals surface area contributed by atoms with Crippen molar-refractivity contribution in [1.29, 1.82) is 0 Å². The van der Waals surface area contributed by atoms with Gasteiger partial charge in [-0.2, -0.15) is 0 Å². The smallest absolute Gasteiger partial charge is 0.225 e. The molecule has 1 saturated heterocycles. The van der Waals surface area contributed by atoms with Crippen LogP contribution in [0.3, 0.4) is 0 Å². The van der Waals surface area contributed by atoms with Gasteiger partial charge in [0.25, 0.3) is 0 Å². The first-order valence-corrected chi connectivity index (χ1v) is 6.98. The lowest BCUT2D eigenvalue weighted by molar-refractivity contribution is -0.178. The fourth-order valence-corrected chi connectivity index (χ4v) is 2.95. The summed E-state index contributed by atoms with van der Waals surface area (Å²) >= 11 is 0. The molecule has 2 fully saturated rings. The van der Waals surface area contributed by atoms with E-state index >= 15 is 0 Å². The molecule has 1 saturated carbocycles. The summed E-state index contributed by atoms with van der Waals surface area (Å²) in [5.74, 6) is 0.519. The molecule has 2 heterocycles. The van der Waals surface area contributed by atoms with Gasteiger partial charge in [0, 0.05) is 38.3 Å². The number of anilines is 1. The lowest BCUT2D eigenvalue weighted by Crippen LogP contribution is -2.43. The number of rotatable bonds is 2. The molecule has 1 aromatic rings. The van der Waals surface area contributed by atoms with Crippen LogP contribution in [0.5, 0.6) is 0 Å². The fraction of sp³-hybridized carbons (Fsp3) is 0.714. The molecule has 0 atom stereocenters. The highest BCUT2D eigenvalue weighted by atomic mass is 16.7. The first kappa shape index (κ1) is 12.8. The van der Waals surface area contributed by atoms with Crippen LogP contribution in [0.1, 0.15) is 31.2 Å². The summed E-state index contributed by atoms with van der Waals surface area (Å²) in [6.45, 7) is 3.48. The van der Waals surface area contributed by atoms with Crippen LogP contribution in [0.4, 0.5) is 5.95 Å². The lowest BCUT2D eigenvalue weighted by Gasteiger charge is -2.39. The first-order valence-electron chi connectivity index (χ1n) is 6.98. The summed E-state index contributed by atoms with van der Waals surface area (Å²) < 4.78 is 11.5. The molecule has 1 spiro atoms. The van der Waals surface area contributed by atoms with Crippen molar-refractivity contribution in [2.45, 2.75) is 44.4 Å². The van der Waals surface area contributed by atoms with Crippen LogP contribution in [0.25, 0.3) is 0 Å². The molecule has 3 rings (SSSR count). The van der Waals surface area contributed by atoms with Crippen LogP contribution in [0.2, 0.25) is 0 Å². The zero-order valence-electron chi connectivity index (χ0n) is 11.6. The number of aromatic nitrogens is 2. The molecule has 5 heteroatoms. The third-order valence-corrected chi connectivity index (χ3v) is 4.16. The van der Waals surface area contributed by atoms with Gasteiger partial charge in [-0.25, -0.2) is 9.97 Å². The Morgan fingerprint density at radius 3 is 2.32 bits per heavy atom. The van der Waals surface area contributed by atoms with Gasteiger partial charge in [-0.15, -0.1) is 0 Å². The molecule has 0 N–H and O–H groups in total. The zero-order valence-corrected chi connectivity index (χ0v) is 11.6. The van der Waals surface area contributed by atoms with E-state index in [9.17, 15) is 0 Å². The lowest BCUT2D eigenvalue weighted by atomic mass is 9.89. The number of hydrogen-bond acceptors (Lipinski definition) is 5. The van der Waals surface area contributed by atoms with Gasteiger partial charge in [0.1, 0.15) is 0 Å². The van der Waals surface area contributed by atoms with Crippen molar-refractivity contribution in [2.75, 3.05) is 25.2 Å². The van der Waals surface area contributed by atoms with Crippen molar-refractivity contribution in [3.8, 4) is 0 Å². The average molecular weight is 263 g/mol. The molecule has 5 nitrogen and oxygen atoms in total. The highest BCUT2D eigenvalue weighted by Crippen LogP contribution is 2.37. The van der Waals surface area contributed by atoms with E-state index in [1.54, 1.807) is 0 Å². The summed E-state index contributed by atoms with van der Waals surface area (Å²) in [6, 6.07) is 0.473. The van der Waals surface area contributed by atoms with Crippen LogP contribution in [0, 0.1) is 6.92 Å². The van der Waals surface area contributed by atoms with E-state index < -0.39 is 0 Å². The maximum Gasteiger partial charge on any atom is 0.225 e. The zero-order chi connectivity index (χ0) is 13.3. The van der Waals surface area contributed by atoms with Crippen molar-refractivity contribution in [2.24, 2.45) is 0 Å². The minimum absolute atomic E-state index is 0.286. The second-order valence-electron chi connectivity index (χ2n) is 5.51. The predicted octanol–water partition coefficient (Wildman–Crippen LogP) is 1.91. The second-order valence-corrected chi connectivity index (χ2v) is 5.51. The predicted molar refractivity (Wildman–Crippen MR) is 72.1 cm³/mol. The Morgan fingerprint density at radius 1 is 1.16 bits per heavy atom. The third-order valence-electron chi connectivity index (χ3n) is 4.16. The standard InChI is InChI=1S/C14H21N3O2/c1-11-9-15-13(16-10-11)17(2)12-3-5-14(6-4-12)18-7-8-19-14/h9-10,12H,3-8H2,1-2H3. The summed E-state index contributed by atoms with van der Waals surface area (Å²) in [7, 11) is 2.07. The van der Waals surface area contributed by atoms with Gasteiger partial charge < -0.3 is 14.4 Å². The number of hydrogen-bond donors (Lipinski definition) is 0. The fourth-order valence-electron chi connectivity index (χ4n) is 2.95. The van der Waals surface area contributed by atoms with E-state index in [1.165, 1.54) is 0 Å². The molecular weight excluding hydrogens is 242 g/mol. The van der Waals surface area contributed by atoms with E-state index in [2.05, 4.69) is 21.9 Å². The summed E-state index contributed by atoms with van der Waals surface area (Å²) in [5.41, 5.74) is 1.09. The Hall–Kier alpha value is -1.20. The Labute approximate surface area is 113 Å². The van der Waals surface area contributed by atoms with E-state index in [0.29, 0.717) is 6.04 Å². The van der Waals surface area contributed by atoms with Gasteiger partial charge in [-0.05, 0) is 25.3 Å². The molecule has 1 aromatic heterocycles. The van der Waals surface area contributed by atoms with Crippen molar-refractivity contribution < 1.29 is 9.47 Å². The molecule has 0 bridgehead atoms. The minimum atomic E-state index is -0.286. The van der Waals surface area contributed by atoms with Gasteiger partial charge in [0.15, 0.2) is 5.79 Å².